The predicted molar refractivity (Wildman–Crippen MR) is 66.4 cm³/mol. The first kappa shape index (κ1) is 11.6. The van der Waals surface area contributed by atoms with Gasteiger partial charge in [-0.3, -0.25) is 9.79 Å². The van der Waals surface area contributed by atoms with Crippen molar-refractivity contribution in [1.82, 2.24) is 5.32 Å². The van der Waals surface area contributed by atoms with Gasteiger partial charge in [-0.2, -0.15) is 0 Å². The molecule has 0 spiro atoms. The van der Waals surface area contributed by atoms with Gasteiger partial charge in [-0.1, -0.05) is 12.1 Å². The Labute approximate surface area is 101 Å². The van der Waals surface area contributed by atoms with E-state index in [-0.39, 0.29) is 5.91 Å². The molecule has 4 heteroatoms. The van der Waals surface area contributed by atoms with Crippen molar-refractivity contribution in [3.8, 4) is 5.75 Å². The summed E-state index contributed by atoms with van der Waals surface area (Å²) in [6.07, 6.45) is 0. The van der Waals surface area contributed by atoms with Gasteiger partial charge in [0.15, 0.2) is 0 Å². The molecule has 1 heterocycles. The molecule has 0 aliphatic carbocycles. The Kier molecular flexibility index (Phi) is 2.88. The van der Waals surface area contributed by atoms with E-state index in [1.54, 1.807) is 13.8 Å². The topological polar surface area (TPSA) is 50.7 Å². The van der Waals surface area contributed by atoms with Crippen molar-refractivity contribution in [3.63, 3.8) is 0 Å². The van der Waals surface area contributed by atoms with Crippen LogP contribution < -0.4 is 10.1 Å². The number of hydrogen-bond acceptors (Lipinski definition) is 3. The molecule has 1 N–H and O–H groups in total. The number of carbonyl (C=O) groups is 1. The summed E-state index contributed by atoms with van der Waals surface area (Å²) in [7, 11) is 0. The Balaban J connectivity index is 2.30. The third-order valence-electron chi connectivity index (χ3n) is 2.60. The van der Waals surface area contributed by atoms with Crippen LogP contribution in [0, 0.1) is 0 Å². The van der Waals surface area contributed by atoms with Crippen LogP contribution in [-0.2, 0) is 4.79 Å². The smallest absolute Gasteiger partial charge is 0.252 e. The first-order chi connectivity index (χ1) is 8.03. The van der Waals surface area contributed by atoms with Crippen LogP contribution in [0.3, 0.4) is 0 Å². The van der Waals surface area contributed by atoms with E-state index >= 15 is 0 Å². The molecule has 1 aliphatic heterocycles. The van der Waals surface area contributed by atoms with E-state index in [9.17, 15) is 4.79 Å². The van der Waals surface area contributed by atoms with E-state index < -0.39 is 5.54 Å². The standard InChI is InChI=1S/C13H16N2O2/c1-4-17-10-7-5-6-9(8-10)11-14-12(16)13(2,3)15-11/h5-8H,4H2,1-3H3,(H,14,15,16). The van der Waals surface area contributed by atoms with E-state index in [0.29, 0.717) is 12.4 Å². The maximum Gasteiger partial charge on any atom is 0.252 e. The lowest BCUT2D eigenvalue weighted by Gasteiger charge is -2.07. The lowest BCUT2D eigenvalue weighted by atomic mass is 10.1. The maximum atomic E-state index is 11.6. The molecular weight excluding hydrogens is 216 g/mol. The second kappa shape index (κ2) is 4.20. The monoisotopic (exact) mass is 232 g/mol. The van der Waals surface area contributed by atoms with Gasteiger partial charge in [0.1, 0.15) is 17.1 Å². The molecule has 0 saturated heterocycles. The second-order valence-corrected chi connectivity index (χ2v) is 4.43. The average Bonchev–Trinajstić information content (AvgIpc) is 2.55. The van der Waals surface area contributed by atoms with E-state index in [4.69, 9.17) is 4.74 Å². The van der Waals surface area contributed by atoms with Crippen LogP contribution >= 0.6 is 0 Å². The average molecular weight is 232 g/mol. The number of hydrogen-bond donors (Lipinski definition) is 1. The lowest BCUT2D eigenvalue weighted by molar-refractivity contribution is -0.122. The van der Waals surface area contributed by atoms with Gasteiger partial charge in [0.25, 0.3) is 5.91 Å². The Bertz CT molecular complexity index is 478. The summed E-state index contributed by atoms with van der Waals surface area (Å²) < 4.78 is 5.42. The third-order valence-corrected chi connectivity index (χ3v) is 2.60. The quantitative estimate of drug-likeness (QED) is 0.863. The normalized spacial score (nSPS) is 17.6. The highest BCUT2D eigenvalue weighted by Crippen LogP contribution is 2.20. The number of benzene rings is 1. The molecule has 17 heavy (non-hydrogen) atoms. The van der Waals surface area contributed by atoms with Gasteiger partial charge in [0.2, 0.25) is 0 Å². The van der Waals surface area contributed by atoms with E-state index in [1.165, 1.54) is 0 Å². The van der Waals surface area contributed by atoms with Crippen LogP contribution in [0.5, 0.6) is 5.75 Å². The van der Waals surface area contributed by atoms with Gasteiger partial charge < -0.3 is 10.1 Å². The van der Waals surface area contributed by atoms with Crippen LogP contribution in [0.2, 0.25) is 0 Å². The van der Waals surface area contributed by atoms with Crippen molar-refractivity contribution in [2.24, 2.45) is 4.99 Å². The second-order valence-electron chi connectivity index (χ2n) is 4.43. The minimum absolute atomic E-state index is 0.0747. The fraction of sp³-hybridized carbons (Fsp3) is 0.385. The molecule has 1 amide bonds. The molecular formula is C13H16N2O2. The molecule has 0 unspecified atom stereocenters. The van der Waals surface area contributed by atoms with Crippen LogP contribution in [0.1, 0.15) is 26.3 Å². The van der Waals surface area contributed by atoms with Crippen molar-refractivity contribution in [2.75, 3.05) is 6.61 Å². The summed E-state index contributed by atoms with van der Waals surface area (Å²) in [5.74, 6) is 1.32. The summed E-state index contributed by atoms with van der Waals surface area (Å²) in [5.41, 5.74) is 0.187. The summed E-state index contributed by atoms with van der Waals surface area (Å²) in [5, 5.41) is 2.79. The van der Waals surface area contributed by atoms with Crippen molar-refractivity contribution in [2.45, 2.75) is 26.3 Å². The van der Waals surface area contributed by atoms with Gasteiger partial charge in [0, 0.05) is 5.56 Å². The van der Waals surface area contributed by atoms with Crippen LogP contribution in [0.25, 0.3) is 0 Å². The maximum absolute atomic E-state index is 11.6. The number of aliphatic imine (C=N–C) groups is 1. The Hall–Kier alpha value is -1.84. The number of amidine groups is 1. The number of rotatable bonds is 3. The van der Waals surface area contributed by atoms with Gasteiger partial charge in [-0.05, 0) is 32.9 Å². The third kappa shape index (κ3) is 2.30. The largest absolute Gasteiger partial charge is 0.494 e. The fourth-order valence-corrected chi connectivity index (χ4v) is 1.66. The first-order valence-electron chi connectivity index (χ1n) is 5.67. The molecule has 0 radical (unpaired) electrons. The van der Waals surface area contributed by atoms with E-state index in [0.717, 1.165) is 11.3 Å². The summed E-state index contributed by atoms with van der Waals surface area (Å²) in [4.78, 5) is 16.0. The number of nitrogens with one attached hydrogen (secondary N) is 1. The minimum atomic E-state index is -0.684. The SMILES string of the molecule is CCOc1cccc(C2=NC(C)(C)C(=O)N2)c1. The molecule has 90 valence electrons. The molecule has 1 aliphatic rings. The van der Waals surface area contributed by atoms with Crippen molar-refractivity contribution < 1.29 is 9.53 Å². The van der Waals surface area contributed by atoms with Crippen LogP contribution in [0.15, 0.2) is 29.3 Å². The molecule has 1 aromatic carbocycles. The zero-order chi connectivity index (χ0) is 12.5. The highest BCUT2D eigenvalue weighted by Gasteiger charge is 2.34. The molecule has 4 nitrogen and oxygen atoms in total. The van der Waals surface area contributed by atoms with Gasteiger partial charge in [-0.15, -0.1) is 0 Å². The zero-order valence-corrected chi connectivity index (χ0v) is 10.3. The van der Waals surface area contributed by atoms with Gasteiger partial charge >= 0.3 is 0 Å². The van der Waals surface area contributed by atoms with Crippen LogP contribution in [-0.4, -0.2) is 23.9 Å². The fourth-order valence-electron chi connectivity index (χ4n) is 1.66. The van der Waals surface area contributed by atoms with Crippen molar-refractivity contribution in [1.29, 1.82) is 0 Å². The Morgan fingerprint density at radius 2 is 2.18 bits per heavy atom. The highest BCUT2D eigenvalue weighted by molar-refractivity contribution is 6.15. The predicted octanol–water partition coefficient (Wildman–Crippen LogP) is 1.74. The number of carbonyl (C=O) groups excluding carboxylic acids is 1. The molecule has 0 saturated carbocycles. The summed E-state index contributed by atoms with van der Waals surface area (Å²) in [6.45, 7) is 6.14. The number of amides is 1. The number of ether oxygens (including phenoxy) is 1. The molecule has 0 fully saturated rings. The highest BCUT2D eigenvalue weighted by atomic mass is 16.5. The minimum Gasteiger partial charge on any atom is -0.494 e. The first-order valence-corrected chi connectivity index (χ1v) is 5.67. The zero-order valence-electron chi connectivity index (χ0n) is 10.3. The van der Waals surface area contributed by atoms with E-state index in [2.05, 4.69) is 10.3 Å². The summed E-state index contributed by atoms with van der Waals surface area (Å²) >= 11 is 0. The molecule has 2 rings (SSSR count). The van der Waals surface area contributed by atoms with E-state index in [1.807, 2.05) is 31.2 Å². The van der Waals surface area contributed by atoms with Gasteiger partial charge in [0.05, 0.1) is 6.61 Å². The Morgan fingerprint density at radius 3 is 2.76 bits per heavy atom. The van der Waals surface area contributed by atoms with Crippen molar-refractivity contribution >= 4 is 11.7 Å². The van der Waals surface area contributed by atoms with Crippen molar-refractivity contribution in [3.05, 3.63) is 29.8 Å². The van der Waals surface area contributed by atoms with Crippen LogP contribution in [0.4, 0.5) is 0 Å². The number of nitrogens with zero attached hydrogens (tertiary/aromatic N) is 1. The summed E-state index contributed by atoms with van der Waals surface area (Å²) in [6, 6.07) is 7.56. The lowest BCUT2D eigenvalue weighted by Crippen LogP contribution is -2.34. The van der Waals surface area contributed by atoms with Gasteiger partial charge in [-0.25, -0.2) is 0 Å². The molecule has 0 aromatic heterocycles. The molecule has 0 bridgehead atoms. The molecule has 0 atom stereocenters. The Morgan fingerprint density at radius 1 is 1.41 bits per heavy atom. The molecule has 1 aromatic rings.